The Bertz CT molecular complexity index is 1040. The van der Waals surface area contributed by atoms with Crippen molar-refractivity contribution in [3.8, 4) is 22.8 Å². The van der Waals surface area contributed by atoms with Crippen LogP contribution in [0, 0.1) is 12.7 Å². The van der Waals surface area contributed by atoms with Crippen LogP contribution in [-0.2, 0) is 0 Å². The highest BCUT2D eigenvalue weighted by Gasteiger charge is 2.18. The van der Waals surface area contributed by atoms with Gasteiger partial charge in [0.05, 0.1) is 23.1 Å². The van der Waals surface area contributed by atoms with E-state index in [4.69, 9.17) is 21.1 Å². The van der Waals surface area contributed by atoms with Crippen LogP contribution in [0.15, 0.2) is 42.7 Å². The number of hydrogen-bond donors (Lipinski definition) is 1. The van der Waals surface area contributed by atoms with Crippen molar-refractivity contribution in [3.63, 3.8) is 0 Å². The molecular weight excluding hydrogens is 373 g/mol. The Balaban J connectivity index is 1.56. The fourth-order valence-corrected chi connectivity index (χ4v) is 2.92. The number of aryl methyl sites for hydroxylation is 1. The Morgan fingerprint density at radius 2 is 1.93 bits per heavy atom. The zero-order chi connectivity index (χ0) is 19.0. The third-order valence-electron chi connectivity index (χ3n) is 4.08. The number of carbonyl (C=O) groups is 1. The van der Waals surface area contributed by atoms with Gasteiger partial charge >= 0.3 is 0 Å². The molecule has 6 nitrogen and oxygen atoms in total. The van der Waals surface area contributed by atoms with Gasteiger partial charge in [-0.25, -0.2) is 9.37 Å². The van der Waals surface area contributed by atoms with E-state index < -0.39 is 11.7 Å². The van der Waals surface area contributed by atoms with E-state index >= 15 is 0 Å². The molecule has 0 saturated carbocycles. The van der Waals surface area contributed by atoms with E-state index in [1.165, 1.54) is 24.5 Å². The second kappa shape index (κ2) is 6.85. The number of amides is 1. The fraction of sp³-hybridized carbons (Fsp3) is 0.105. The number of ether oxygens (including phenoxy) is 2. The van der Waals surface area contributed by atoms with Gasteiger partial charge in [0.1, 0.15) is 5.82 Å². The van der Waals surface area contributed by atoms with Crippen LogP contribution in [0.2, 0.25) is 5.02 Å². The average molecular weight is 386 g/mol. The maximum Gasteiger partial charge on any atom is 0.257 e. The van der Waals surface area contributed by atoms with Crippen molar-refractivity contribution < 1.29 is 18.7 Å². The summed E-state index contributed by atoms with van der Waals surface area (Å²) >= 11 is 6.27. The van der Waals surface area contributed by atoms with Crippen molar-refractivity contribution in [2.75, 3.05) is 12.1 Å². The lowest BCUT2D eigenvalue weighted by atomic mass is 10.1. The molecule has 136 valence electrons. The molecule has 2 heterocycles. The average Bonchev–Trinajstić information content (AvgIpc) is 3.11. The maximum atomic E-state index is 13.4. The van der Waals surface area contributed by atoms with Gasteiger partial charge in [0.15, 0.2) is 17.3 Å². The summed E-state index contributed by atoms with van der Waals surface area (Å²) < 4.78 is 24.0. The SMILES string of the molecule is Cc1ccc(F)cc1C(=O)Nc1cnc(-c2cc3c(cc2Cl)OCO3)cn1. The highest BCUT2D eigenvalue weighted by Crippen LogP contribution is 2.40. The summed E-state index contributed by atoms with van der Waals surface area (Å²) in [5, 5.41) is 3.05. The molecule has 0 radical (unpaired) electrons. The van der Waals surface area contributed by atoms with Gasteiger partial charge in [-0.1, -0.05) is 17.7 Å². The topological polar surface area (TPSA) is 73.3 Å². The van der Waals surface area contributed by atoms with Gasteiger partial charge in [-0.05, 0) is 30.7 Å². The largest absolute Gasteiger partial charge is 0.454 e. The van der Waals surface area contributed by atoms with Crippen LogP contribution >= 0.6 is 11.6 Å². The number of aromatic nitrogens is 2. The van der Waals surface area contributed by atoms with Gasteiger partial charge < -0.3 is 14.8 Å². The summed E-state index contributed by atoms with van der Waals surface area (Å²) in [6.07, 6.45) is 2.89. The molecule has 0 aliphatic carbocycles. The number of carbonyl (C=O) groups excluding carboxylic acids is 1. The number of anilines is 1. The zero-order valence-corrected chi connectivity index (χ0v) is 14.9. The molecule has 0 atom stereocenters. The summed E-state index contributed by atoms with van der Waals surface area (Å²) in [4.78, 5) is 20.8. The number of hydrogen-bond acceptors (Lipinski definition) is 5. The predicted molar refractivity (Wildman–Crippen MR) is 97.7 cm³/mol. The van der Waals surface area contributed by atoms with Gasteiger partial charge in [-0.3, -0.25) is 9.78 Å². The Morgan fingerprint density at radius 1 is 1.15 bits per heavy atom. The standard InChI is InChI=1S/C19H13ClFN3O3/c1-10-2-3-11(21)4-12(10)19(25)24-18-8-22-15(7-23-18)13-5-16-17(6-14(13)20)27-9-26-16/h2-8H,9H2,1H3,(H,23,24,25). The molecule has 27 heavy (non-hydrogen) atoms. The summed E-state index contributed by atoms with van der Waals surface area (Å²) in [7, 11) is 0. The number of halogens is 2. The van der Waals surface area contributed by atoms with Gasteiger partial charge in [-0.2, -0.15) is 0 Å². The molecule has 0 unspecified atom stereocenters. The van der Waals surface area contributed by atoms with Crippen LogP contribution in [0.3, 0.4) is 0 Å². The van der Waals surface area contributed by atoms with E-state index in [1.54, 1.807) is 25.1 Å². The van der Waals surface area contributed by atoms with Gasteiger partial charge in [0.2, 0.25) is 6.79 Å². The first-order chi connectivity index (χ1) is 13.0. The molecule has 8 heteroatoms. The minimum atomic E-state index is -0.482. The highest BCUT2D eigenvalue weighted by molar-refractivity contribution is 6.33. The second-order valence-corrected chi connectivity index (χ2v) is 6.29. The van der Waals surface area contributed by atoms with E-state index in [1.807, 2.05) is 0 Å². The molecule has 0 spiro atoms. The molecule has 0 bridgehead atoms. The van der Waals surface area contributed by atoms with Crippen LogP contribution in [-0.4, -0.2) is 22.7 Å². The summed E-state index contributed by atoms with van der Waals surface area (Å²) in [5.74, 6) is 0.449. The van der Waals surface area contributed by atoms with Crippen molar-refractivity contribution in [2.24, 2.45) is 0 Å². The minimum absolute atomic E-state index is 0.144. The van der Waals surface area contributed by atoms with Gasteiger partial charge in [0.25, 0.3) is 5.91 Å². The highest BCUT2D eigenvalue weighted by atomic mass is 35.5. The van der Waals surface area contributed by atoms with Crippen molar-refractivity contribution in [1.29, 1.82) is 0 Å². The van der Waals surface area contributed by atoms with Crippen LogP contribution < -0.4 is 14.8 Å². The first kappa shape index (κ1) is 17.2. The van der Waals surface area contributed by atoms with E-state index in [2.05, 4.69) is 15.3 Å². The third-order valence-corrected chi connectivity index (χ3v) is 4.39. The molecule has 1 N–H and O–H groups in total. The molecule has 1 aromatic heterocycles. The lowest BCUT2D eigenvalue weighted by Crippen LogP contribution is -2.14. The molecule has 3 aromatic rings. The number of nitrogens with zero attached hydrogens (tertiary/aromatic N) is 2. The number of fused-ring (bicyclic) bond motifs is 1. The van der Waals surface area contributed by atoms with E-state index in [-0.39, 0.29) is 18.2 Å². The number of benzene rings is 2. The molecule has 1 aliphatic rings. The summed E-state index contributed by atoms with van der Waals surface area (Å²) in [6.45, 7) is 1.87. The Kier molecular flexibility index (Phi) is 4.37. The van der Waals surface area contributed by atoms with Crippen LogP contribution in [0.1, 0.15) is 15.9 Å². The monoisotopic (exact) mass is 385 g/mol. The van der Waals surface area contributed by atoms with E-state index in [0.29, 0.717) is 33.3 Å². The first-order valence-electron chi connectivity index (χ1n) is 8.00. The number of rotatable bonds is 3. The molecule has 1 aliphatic heterocycles. The van der Waals surface area contributed by atoms with Gasteiger partial charge in [-0.15, -0.1) is 0 Å². The Morgan fingerprint density at radius 3 is 2.67 bits per heavy atom. The van der Waals surface area contributed by atoms with Crippen molar-refractivity contribution >= 4 is 23.3 Å². The molecule has 0 saturated heterocycles. The summed E-state index contributed by atoms with van der Waals surface area (Å²) in [5.41, 5.74) is 2.04. The van der Waals surface area contributed by atoms with Crippen LogP contribution in [0.25, 0.3) is 11.3 Å². The van der Waals surface area contributed by atoms with Crippen molar-refractivity contribution in [3.05, 3.63) is 64.7 Å². The summed E-state index contributed by atoms with van der Waals surface area (Å²) in [6, 6.07) is 7.40. The molecular formula is C19H13ClFN3O3. The van der Waals surface area contributed by atoms with E-state index in [9.17, 15) is 9.18 Å². The quantitative estimate of drug-likeness (QED) is 0.730. The van der Waals surface area contributed by atoms with Crippen molar-refractivity contribution in [2.45, 2.75) is 6.92 Å². The fourth-order valence-electron chi connectivity index (χ4n) is 2.67. The van der Waals surface area contributed by atoms with Crippen molar-refractivity contribution in [1.82, 2.24) is 9.97 Å². The third kappa shape index (κ3) is 3.41. The van der Waals surface area contributed by atoms with E-state index in [0.717, 1.165) is 0 Å². The number of nitrogens with one attached hydrogen (secondary N) is 1. The first-order valence-corrected chi connectivity index (χ1v) is 8.38. The normalized spacial score (nSPS) is 12.1. The van der Waals surface area contributed by atoms with Gasteiger partial charge in [0, 0.05) is 17.2 Å². The zero-order valence-electron chi connectivity index (χ0n) is 14.1. The molecule has 4 rings (SSSR count). The molecule has 1 amide bonds. The minimum Gasteiger partial charge on any atom is -0.454 e. The van der Waals surface area contributed by atoms with Crippen LogP contribution in [0.5, 0.6) is 11.5 Å². The molecule has 0 fully saturated rings. The molecule has 2 aromatic carbocycles. The van der Waals surface area contributed by atoms with Crippen LogP contribution in [0.4, 0.5) is 10.2 Å². The second-order valence-electron chi connectivity index (χ2n) is 5.89. The predicted octanol–water partition coefficient (Wildman–Crippen LogP) is 4.23. The maximum absolute atomic E-state index is 13.4. The smallest absolute Gasteiger partial charge is 0.257 e. The Labute approximate surface area is 158 Å². The lowest BCUT2D eigenvalue weighted by molar-refractivity contribution is 0.102. The Hall–Kier alpha value is -3.19. The lowest BCUT2D eigenvalue weighted by Gasteiger charge is -2.09.